The Balaban J connectivity index is 1.30. The molecule has 7 heteroatoms. The van der Waals surface area contributed by atoms with Gasteiger partial charge in [0.05, 0.1) is 10.9 Å². The van der Waals surface area contributed by atoms with Crippen LogP contribution >= 0.6 is 12.2 Å². The second kappa shape index (κ2) is 9.56. The summed E-state index contributed by atoms with van der Waals surface area (Å²) in [6.45, 7) is 0.854. The summed E-state index contributed by atoms with van der Waals surface area (Å²) >= 11 is 5.34. The molecule has 162 valence electrons. The number of unbranched alkanes of at least 4 members (excludes halogenated alkanes) is 2. The van der Waals surface area contributed by atoms with Crippen molar-refractivity contribution in [1.82, 2.24) is 14.5 Å². The first kappa shape index (κ1) is 21.4. The van der Waals surface area contributed by atoms with Crippen LogP contribution in [0.15, 0.2) is 53.3 Å². The Bertz CT molecular complexity index is 1200. The van der Waals surface area contributed by atoms with E-state index in [4.69, 9.17) is 12.2 Å². The summed E-state index contributed by atoms with van der Waals surface area (Å²) in [4.78, 5) is 30.4. The van der Waals surface area contributed by atoms with Crippen molar-refractivity contribution in [2.24, 2.45) is 0 Å². The van der Waals surface area contributed by atoms with Gasteiger partial charge in [-0.15, -0.1) is 0 Å². The third-order valence-electron chi connectivity index (χ3n) is 5.77. The molecule has 2 aromatic carbocycles. The molecule has 0 bridgehead atoms. The summed E-state index contributed by atoms with van der Waals surface area (Å²) in [5.74, 6) is -0.191. The van der Waals surface area contributed by atoms with E-state index in [2.05, 4.69) is 4.98 Å². The molecule has 1 aliphatic rings. The SMILES string of the molecule is O=C(CCCCCn1c(=S)[nH]c2ccccc2c1=O)N(Cc1ccccc1F)C1CC1. The largest absolute Gasteiger partial charge is 0.335 e. The fraction of sp³-hybridized carbons (Fsp3) is 0.375. The Morgan fingerprint density at radius 2 is 1.84 bits per heavy atom. The molecule has 1 amide bonds. The summed E-state index contributed by atoms with van der Waals surface area (Å²) < 4.78 is 16.0. The molecule has 3 aromatic rings. The molecule has 0 atom stereocenters. The number of nitrogens with one attached hydrogen (secondary N) is 1. The van der Waals surface area contributed by atoms with Crippen LogP contribution in [-0.2, 0) is 17.9 Å². The summed E-state index contributed by atoms with van der Waals surface area (Å²) in [7, 11) is 0. The monoisotopic (exact) mass is 439 g/mol. The number of amides is 1. The summed E-state index contributed by atoms with van der Waals surface area (Å²) in [5, 5.41) is 0.625. The van der Waals surface area contributed by atoms with Gasteiger partial charge >= 0.3 is 0 Å². The van der Waals surface area contributed by atoms with Crippen molar-refractivity contribution in [3.8, 4) is 0 Å². The van der Waals surface area contributed by atoms with Crippen LogP contribution in [0, 0.1) is 10.6 Å². The van der Waals surface area contributed by atoms with E-state index in [0.29, 0.717) is 35.2 Å². The lowest BCUT2D eigenvalue weighted by Crippen LogP contribution is -2.32. The van der Waals surface area contributed by atoms with E-state index in [1.165, 1.54) is 6.07 Å². The molecule has 1 N–H and O–H groups in total. The van der Waals surface area contributed by atoms with Gasteiger partial charge in [-0.3, -0.25) is 14.2 Å². The summed E-state index contributed by atoms with van der Waals surface area (Å²) in [5.41, 5.74) is 1.22. The van der Waals surface area contributed by atoms with E-state index < -0.39 is 0 Å². The highest BCUT2D eigenvalue weighted by molar-refractivity contribution is 7.71. The van der Waals surface area contributed by atoms with Gasteiger partial charge in [0.1, 0.15) is 5.82 Å². The lowest BCUT2D eigenvalue weighted by molar-refractivity contribution is -0.132. The quantitative estimate of drug-likeness (QED) is 0.379. The Morgan fingerprint density at radius 3 is 2.61 bits per heavy atom. The number of nitrogens with zero attached hydrogens (tertiary/aromatic N) is 2. The summed E-state index contributed by atoms with van der Waals surface area (Å²) in [6, 6.07) is 14.2. The van der Waals surface area contributed by atoms with Gasteiger partial charge in [0.2, 0.25) is 5.91 Å². The Labute approximate surface area is 185 Å². The van der Waals surface area contributed by atoms with Gasteiger partial charge in [-0.1, -0.05) is 36.8 Å². The number of aromatic amines is 1. The first-order chi connectivity index (χ1) is 15.0. The molecular formula is C24H26FN3O2S. The van der Waals surface area contributed by atoms with Gasteiger partial charge in [0.15, 0.2) is 4.77 Å². The van der Waals surface area contributed by atoms with Crippen molar-refractivity contribution in [3.05, 3.63) is 75.0 Å². The van der Waals surface area contributed by atoms with Crippen molar-refractivity contribution < 1.29 is 9.18 Å². The van der Waals surface area contributed by atoms with Gasteiger partial charge in [-0.2, -0.15) is 0 Å². The zero-order chi connectivity index (χ0) is 21.8. The van der Waals surface area contributed by atoms with E-state index in [-0.39, 0.29) is 23.3 Å². The number of halogens is 1. The highest BCUT2D eigenvalue weighted by Crippen LogP contribution is 2.29. The molecular weight excluding hydrogens is 413 g/mol. The molecule has 0 saturated heterocycles. The number of rotatable bonds is 9. The Hall–Kier alpha value is -2.80. The van der Waals surface area contributed by atoms with Gasteiger partial charge < -0.3 is 9.88 Å². The number of fused-ring (bicyclic) bond motifs is 1. The van der Waals surface area contributed by atoms with Crippen molar-refractivity contribution in [2.45, 2.75) is 57.7 Å². The van der Waals surface area contributed by atoms with Crippen molar-refractivity contribution in [3.63, 3.8) is 0 Å². The molecule has 0 radical (unpaired) electrons. The average Bonchev–Trinajstić information content (AvgIpc) is 3.60. The Kier molecular flexibility index (Phi) is 6.61. The highest BCUT2D eigenvalue weighted by atomic mass is 32.1. The first-order valence-corrected chi connectivity index (χ1v) is 11.2. The molecule has 5 nitrogen and oxygen atoms in total. The molecule has 1 saturated carbocycles. The highest BCUT2D eigenvalue weighted by Gasteiger charge is 2.32. The van der Waals surface area contributed by atoms with Crippen LogP contribution in [0.3, 0.4) is 0 Å². The van der Waals surface area contributed by atoms with E-state index in [0.717, 1.165) is 37.6 Å². The second-order valence-corrected chi connectivity index (χ2v) is 8.47. The van der Waals surface area contributed by atoms with E-state index in [1.807, 2.05) is 23.1 Å². The van der Waals surface area contributed by atoms with E-state index in [9.17, 15) is 14.0 Å². The number of hydrogen-bond donors (Lipinski definition) is 1. The lowest BCUT2D eigenvalue weighted by atomic mass is 10.1. The number of benzene rings is 2. The molecule has 0 spiro atoms. The molecule has 1 aliphatic carbocycles. The van der Waals surface area contributed by atoms with E-state index >= 15 is 0 Å². The Morgan fingerprint density at radius 1 is 1.10 bits per heavy atom. The molecule has 4 rings (SSSR count). The zero-order valence-electron chi connectivity index (χ0n) is 17.4. The number of hydrogen-bond acceptors (Lipinski definition) is 3. The number of para-hydroxylation sites is 1. The standard InChI is InChI=1S/C24H26FN3O2S/c25-20-10-5-3-8-17(20)16-28(18-13-14-18)22(29)12-2-1-7-15-27-23(30)19-9-4-6-11-21(19)26-24(27)31/h3-6,8-11,18H,1-2,7,12-16H2,(H,26,31). The molecule has 0 unspecified atom stereocenters. The number of H-pyrrole nitrogens is 1. The fourth-order valence-corrected chi connectivity index (χ4v) is 4.17. The van der Waals surface area contributed by atoms with Crippen LogP contribution in [0.5, 0.6) is 0 Å². The molecule has 0 aliphatic heterocycles. The third-order valence-corrected chi connectivity index (χ3v) is 6.09. The average molecular weight is 440 g/mol. The van der Waals surface area contributed by atoms with E-state index in [1.54, 1.807) is 28.8 Å². The van der Waals surface area contributed by atoms with Crippen molar-refractivity contribution in [1.29, 1.82) is 0 Å². The van der Waals surface area contributed by atoms with Crippen LogP contribution in [-0.4, -0.2) is 26.4 Å². The smallest absolute Gasteiger partial charge is 0.262 e. The van der Waals surface area contributed by atoms with Crippen molar-refractivity contribution >= 4 is 29.0 Å². The molecule has 31 heavy (non-hydrogen) atoms. The fourth-order valence-electron chi connectivity index (χ4n) is 3.89. The van der Waals surface area contributed by atoms with Crippen molar-refractivity contribution in [2.75, 3.05) is 0 Å². The zero-order valence-corrected chi connectivity index (χ0v) is 18.2. The minimum absolute atomic E-state index is 0.0749. The number of carbonyl (C=O) groups excluding carboxylic acids is 1. The van der Waals surface area contributed by atoms with Gasteiger partial charge in [-0.05, 0) is 56.1 Å². The molecule has 1 fully saturated rings. The van der Waals surface area contributed by atoms with Crippen LogP contribution in [0.1, 0.15) is 44.1 Å². The minimum atomic E-state index is -0.265. The van der Waals surface area contributed by atoms with Crippen LogP contribution in [0.2, 0.25) is 0 Å². The maximum Gasteiger partial charge on any atom is 0.262 e. The normalized spacial score (nSPS) is 13.5. The van der Waals surface area contributed by atoms with Crippen LogP contribution in [0.25, 0.3) is 10.9 Å². The maximum absolute atomic E-state index is 14.0. The van der Waals surface area contributed by atoms with Crippen LogP contribution in [0.4, 0.5) is 4.39 Å². The van der Waals surface area contributed by atoms with Gasteiger partial charge in [0.25, 0.3) is 5.56 Å². The second-order valence-electron chi connectivity index (χ2n) is 8.09. The predicted molar refractivity (Wildman–Crippen MR) is 122 cm³/mol. The lowest BCUT2D eigenvalue weighted by Gasteiger charge is -2.23. The molecule has 1 heterocycles. The maximum atomic E-state index is 14.0. The number of carbonyl (C=O) groups is 1. The minimum Gasteiger partial charge on any atom is -0.335 e. The molecule has 1 aromatic heterocycles. The van der Waals surface area contributed by atoms with Crippen LogP contribution < -0.4 is 5.56 Å². The first-order valence-electron chi connectivity index (χ1n) is 10.8. The number of aromatic nitrogens is 2. The summed E-state index contributed by atoms with van der Waals surface area (Å²) in [6.07, 6.45) is 4.73. The topological polar surface area (TPSA) is 58.1 Å². The predicted octanol–water partition coefficient (Wildman–Crippen LogP) is 4.95. The van der Waals surface area contributed by atoms with Gasteiger partial charge in [0, 0.05) is 31.1 Å². The third kappa shape index (κ3) is 5.10. The van der Waals surface area contributed by atoms with Gasteiger partial charge in [-0.25, -0.2) is 4.39 Å².